The number of Topliss-reactive ketones (excluding diaryl/α,β-unsaturated/α-hetero) is 1. The molecule has 0 saturated carbocycles. The molecule has 0 aromatic carbocycles. The van der Waals surface area contributed by atoms with Gasteiger partial charge in [0.1, 0.15) is 5.76 Å². The van der Waals surface area contributed by atoms with E-state index in [4.69, 9.17) is 0 Å². The molecule has 0 saturated heterocycles. The smallest absolute Gasteiger partial charge is 0.172 e. The SMILES string of the molecule is CC1(C)CC(=O)C(S)=C(O)C1. The largest absolute Gasteiger partial charge is 0.511 e. The van der Waals surface area contributed by atoms with Gasteiger partial charge < -0.3 is 5.11 Å². The summed E-state index contributed by atoms with van der Waals surface area (Å²) in [5.41, 5.74) is -0.104. The third-order valence-corrected chi connectivity index (χ3v) is 2.33. The minimum absolute atomic E-state index is 0.0536. The van der Waals surface area contributed by atoms with Crippen LogP contribution in [0.4, 0.5) is 0 Å². The van der Waals surface area contributed by atoms with Crippen molar-refractivity contribution in [3.63, 3.8) is 0 Å². The van der Waals surface area contributed by atoms with E-state index in [9.17, 15) is 9.90 Å². The fourth-order valence-electron chi connectivity index (χ4n) is 1.28. The van der Waals surface area contributed by atoms with E-state index in [1.54, 1.807) is 0 Å². The Hall–Kier alpha value is -0.440. The van der Waals surface area contributed by atoms with Gasteiger partial charge in [0.2, 0.25) is 0 Å². The van der Waals surface area contributed by atoms with Gasteiger partial charge in [-0.05, 0) is 5.41 Å². The van der Waals surface area contributed by atoms with Crippen LogP contribution in [0.5, 0.6) is 0 Å². The molecule has 1 aliphatic carbocycles. The van der Waals surface area contributed by atoms with Crippen molar-refractivity contribution in [1.82, 2.24) is 0 Å². The second kappa shape index (κ2) is 2.55. The molecule has 0 fully saturated rings. The summed E-state index contributed by atoms with van der Waals surface area (Å²) in [6, 6.07) is 0. The van der Waals surface area contributed by atoms with E-state index >= 15 is 0 Å². The molecule has 0 amide bonds. The summed E-state index contributed by atoms with van der Waals surface area (Å²) in [7, 11) is 0. The van der Waals surface area contributed by atoms with Crippen molar-refractivity contribution < 1.29 is 9.90 Å². The zero-order valence-electron chi connectivity index (χ0n) is 6.72. The van der Waals surface area contributed by atoms with Crippen LogP contribution in [0.3, 0.4) is 0 Å². The van der Waals surface area contributed by atoms with Gasteiger partial charge in [-0.1, -0.05) is 13.8 Å². The van der Waals surface area contributed by atoms with Crippen LogP contribution < -0.4 is 0 Å². The van der Waals surface area contributed by atoms with Crippen LogP contribution in [0.1, 0.15) is 26.7 Å². The van der Waals surface area contributed by atoms with Crippen LogP contribution in [-0.4, -0.2) is 10.9 Å². The quantitative estimate of drug-likeness (QED) is 0.549. The number of hydrogen-bond acceptors (Lipinski definition) is 3. The molecule has 0 heterocycles. The predicted molar refractivity (Wildman–Crippen MR) is 46.7 cm³/mol. The molecule has 1 rings (SSSR count). The summed E-state index contributed by atoms with van der Waals surface area (Å²) in [6.45, 7) is 3.92. The van der Waals surface area contributed by atoms with E-state index in [2.05, 4.69) is 12.6 Å². The lowest BCUT2D eigenvalue weighted by atomic mass is 9.79. The maximum atomic E-state index is 11.1. The monoisotopic (exact) mass is 172 g/mol. The highest BCUT2D eigenvalue weighted by Crippen LogP contribution is 2.36. The molecule has 1 aliphatic rings. The van der Waals surface area contributed by atoms with E-state index in [-0.39, 0.29) is 21.9 Å². The zero-order valence-corrected chi connectivity index (χ0v) is 7.61. The summed E-state index contributed by atoms with van der Waals surface area (Å²) >= 11 is 3.91. The Kier molecular flexibility index (Phi) is 2.01. The topological polar surface area (TPSA) is 37.3 Å². The molecule has 11 heavy (non-hydrogen) atoms. The summed E-state index contributed by atoms with van der Waals surface area (Å²) in [4.78, 5) is 11.4. The Morgan fingerprint density at radius 1 is 1.45 bits per heavy atom. The Bertz CT molecular complexity index is 228. The summed E-state index contributed by atoms with van der Waals surface area (Å²) in [5.74, 6) is 0.0802. The van der Waals surface area contributed by atoms with Crippen LogP contribution in [0.2, 0.25) is 0 Å². The van der Waals surface area contributed by atoms with Crippen LogP contribution in [0.25, 0.3) is 0 Å². The normalized spacial score (nSPS) is 24.1. The van der Waals surface area contributed by atoms with Crippen LogP contribution >= 0.6 is 12.6 Å². The number of thiol groups is 1. The molecule has 1 N–H and O–H groups in total. The highest BCUT2D eigenvalue weighted by atomic mass is 32.1. The lowest BCUT2D eigenvalue weighted by Gasteiger charge is -2.27. The number of allylic oxidation sites excluding steroid dienone is 2. The van der Waals surface area contributed by atoms with E-state index in [1.165, 1.54) is 0 Å². The summed E-state index contributed by atoms with van der Waals surface area (Å²) in [6.07, 6.45) is 1.04. The van der Waals surface area contributed by atoms with Crippen molar-refractivity contribution >= 4 is 18.4 Å². The minimum Gasteiger partial charge on any atom is -0.511 e. The van der Waals surface area contributed by atoms with Crippen LogP contribution in [-0.2, 0) is 4.79 Å². The molecular weight excluding hydrogens is 160 g/mol. The minimum atomic E-state index is -0.104. The van der Waals surface area contributed by atoms with Gasteiger partial charge in [0, 0.05) is 12.8 Å². The molecule has 62 valence electrons. The van der Waals surface area contributed by atoms with Crippen molar-refractivity contribution in [2.75, 3.05) is 0 Å². The molecule has 0 radical (unpaired) electrons. The number of aliphatic hydroxyl groups excluding tert-OH is 1. The first kappa shape index (κ1) is 8.65. The third-order valence-electron chi connectivity index (χ3n) is 1.82. The first-order valence-electron chi connectivity index (χ1n) is 3.57. The Balaban J connectivity index is 2.94. The molecular formula is C8H12O2S. The fourth-order valence-corrected chi connectivity index (χ4v) is 1.44. The van der Waals surface area contributed by atoms with E-state index < -0.39 is 0 Å². The van der Waals surface area contributed by atoms with Gasteiger partial charge in [0.15, 0.2) is 5.78 Å². The molecule has 0 aromatic heterocycles. The zero-order chi connectivity index (χ0) is 8.65. The van der Waals surface area contributed by atoms with Crippen LogP contribution in [0.15, 0.2) is 10.7 Å². The highest BCUT2D eigenvalue weighted by molar-refractivity contribution is 7.85. The average Bonchev–Trinajstić information content (AvgIpc) is 1.81. The molecule has 0 atom stereocenters. The molecule has 0 aromatic rings. The molecule has 0 bridgehead atoms. The summed E-state index contributed by atoms with van der Waals surface area (Å²) < 4.78 is 0. The number of hydrogen-bond donors (Lipinski definition) is 2. The number of carbonyl (C=O) groups excluding carboxylic acids is 1. The van der Waals surface area contributed by atoms with Crippen molar-refractivity contribution in [3.8, 4) is 0 Å². The molecule has 2 nitrogen and oxygen atoms in total. The van der Waals surface area contributed by atoms with E-state index in [0.29, 0.717) is 12.8 Å². The standard InChI is InChI=1S/C8H12O2S/c1-8(2)3-5(9)7(11)6(10)4-8/h9,11H,3-4H2,1-2H3. The molecule has 0 spiro atoms. The second-order valence-corrected chi connectivity index (χ2v) is 4.18. The van der Waals surface area contributed by atoms with Gasteiger partial charge >= 0.3 is 0 Å². The Morgan fingerprint density at radius 2 is 2.00 bits per heavy atom. The molecule has 3 heteroatoms. The number of aliphatic hydroxyl groups is 1. The van der Waals surface area contributed by atoms with Gasteiger partial charge in [0.25, 0.3) is 0 Å². The van der Waals surface area contributed by atoms with Crippen molar-refractivity contribution in [2.45, 2.75) is 26.7 Å². The van der Waals surface area contributed by atoms with Crippen molar-refractivity contribution in [3.05, 3.63) is 10.7 Å². The van der Waals surface area contributed by atoms with E-state index in [1.807, 2.05) is 13.8 Å². The number of rotatable bonds is 0. The predicted octanol–water partition coefficient (Wildman–Crippen LogP) is 2.07. The van der Waals surface area contributed by atoms with Crippen molar-refractivity contribution in [1.29, 1.82) is 0 Å². The maximum absolute atomic E-state index is 11.1. The third kappa shape index (κ3) is 1.77. The maximum Gasteiger partial charge on any atom is 0.172 e. The Morgan fingerprint density at radius 3 is 2.45 bits per heavy atom. The van der Waals surface area contributed by atoms with Gasteiger partial charge in [0.05, 0.1) is 4.91 Å². The number of ketones is 1. The Labute approximate surface area is 71.7 Å². The second-order valence-electron chi connectivity index (χ2n) is 3.74. The highest BCUT2D eigenvalue weighted by Gasteiger charge is 2.31. The van der Waals surface area contributed by atoms with E-state index in [0.717, 1.165) is 0 Å². The van der Waals surface area contributed by atoms with Gasteiger partial charge in [-0.15, -0.1) is 12.6 Å². The van der Waals surface area contributed by atoms with Gasteiger partial charge in [-0.3, -0.25) is 4.79 Å². The molecule has 0 unspecified atom stereocenters. The first-order valence-corrected chi connectivity index (χ1v) is 4.01. The number of carbonyl (C=O) groups is 1. The average molecular weight is 172 g/mol. The molecule has 0 aliphatic heterocycles. The lowest BCUT2D eigenvalue weighted by Crippen LogP contribution is -2.23. The van der Waals surface area contributed by atoms with Crippen molar-refractivity contribution in [2.24, 2.45) is 5.41 Å². The first-order chi connectivity index (χ1) is 4.92. The van der Waals surface area contributed by atoms with Crippen LogP contribution in [0, 0.1) is 5.41 Å². The fraction of sp³-hybridized carbons (Fsp3) is 0.625. The summed E-state index contributed by atoms with van der Waals surface area (Å²) in [5, 5.41) is 9.27. The van der Waals surface area contributed by atoms with Gasteiger partial charge in [-0.2, -0.15) is 0 Å². The lowest BCUT2D eigenvalue weighted by molar-refractivity contribution is -0.117. The van der Waals surface area contributed by atoms with Gasteiger partial charge in [-0.25, -0.2) is 0 Å².